The van der Waals surface area contributed by atoms with Crippen LogP contribution in [0.3, 0.4) is 0 Å². The highest BCUT2D eigenvalue weighted by molar-refractivity contribution is 6.05. The van der Waals surface area contributed by atoms with Crippen molar-refractivity contribution >= 4 is 16.9 Å². The second-order valence-corrected chi connectivity index (χ2v) is 9.12. The molecule has 0 bridgehead atoms. The smallest absolute Gasteiger partial charge is 0.257 e. The van der Waals surface area contributed by atoms with Crippen molar-refractivity contribution in [2.45, 2.75) is 44.2 Å². The molecule has 6 nitrogen and oxygen atoms in total. The molecule has 1 unspecified atom stereocenters. The topological polar surface area (TPSA) is 67.6 Å². The first-order chi connectivity index (χ1) is 15.7. The normalized spacial score (nSPS) is 24.0. The van der Waals surface area contributed by atoms with Crippen molar-refractivity contribution in [2.24, 2.45) is 5.92 Å². The van der Waals surface area contributed by atoms with E-state index < -0.39 is 0 Å². The highest BCUT2D eigenvalue weighted by atomic mass is 16.5. The van der Waals surface area contributed by atoms with Crippen molar-refractivity contribution in [1.82, 2.24) is 14.5 Å². The number of pyridine rings is 1. The first-order valence-electron chi connectivity index (χ1n) is 11.7. The first kappa shape index (κ1) is 21.2. The third-order valence-corrected chi connectivity index (χ3v) is 7.07. The molecule has 1 N–H and O–H groups in total. The molecule has 6 heteroatoms. The second kappa shape index (κ2) is 9.43. The Hall–Kier alpha value is -2.70. The first-order valence-corrected chi connectivity index (χ1v) is 11.7. The molecule has 0 spiro atoms. The Bertz CT molecular complexity index is 1060. The van der Waals surface area contributed by atoms with Crippen LogP contribution in [0.15, 0.2) is 54.9 Å². The van der Waals surface area contributed by atoms with Gasteiger partial charge in [0.1, 0.15) is 5.52 Å². The SMILES string of the molecule is O=C(c1cn(CC2CCC(c3ccccc3)CC2)c2cccnc12)N1CCOC(CO)C1. The minimum absolute atomic E-state index is 0.0259. The van der Waals surface area contributed by atoms with Crippen LogP contribution < -0.4 is 0 Å². The fraction of sp³-hybridized carbons (Fsp3) is 0.462. The van der Waals surface area contributed by atoms with E-state index in [1.165, 1.54) is 31.2 Å². The monoisotopic (exact) mass is 433 g/mol. The van der Waals surface area contributed by atoms with E-state index in [0.29, 0.717) is 37.1 Å². The molecule has 0 radical (unpaired) electrons. The largest absolute Gasteiger partial charge is 0.394 e. The Kier molecular flexibility index (Phi) is 6.23. The van der Waals surface area contributed by atoms with E-state index in [2.05, 4.69) is 45.9 Å². The van der Waals surface area contributed by atoms with Crippen molar-refractivity contribution < 1.29 is 14.6 Å². The van der Waals surface area contributed by atoms with Gasteiger partial charge in [-0.25, -0.2) is 0 Å². The summed E-state index contributed by atoms with van der Waals surface area (Å²) in [6, 6.07) is 14.9. The lowest BCUT2D eigenvalue weighted by Crippen LogP contribution is -2.46. The zero-order valence-electron chi connectivity index (χ0n) is 18.4. The number of aromatic nitrogens is 2. The maximum absolute atomic E-state index is 13.3. The number of morpholine rings is 1. The number of aliphatic hydroxyl groups excluding tert-OH is 1. The Balaban J connectivity index is 1.32. The minimum Gasteiger partial charge on any atom is -0.394 e. The van der Waals surface area contributed by atoms with Crippen molar-refractivity contribution in [3.8, 4) is 0 Å². The van der Waals surface area contributed by atoms with Gasteiger partial charge in [-0.3, -0.25) is 9.78 Å². The van der Waals surface area contributed by atoms with Crippen LogP contribution in [-0.2, 0) is 11.3 Å². The van der Waals surface area contributed by atoms with Gasteiger partial charge in [-0.05, 0) is 55.2 Å². The van der Waals surface area contributed by atoms with E-state index in [1.54, 1.807) is 11.1 Å². The number of fused-ring (bicyclic) bond motifs is 1. The van der Waals surface area contributed by atoms with Crippen LogP contribution in [0.1, 0.15) is 47.5 Å². The van der Waals surface area contributed by atoms with E-state index in [-0.39, 0.29) is 18.6 Å². The van der Waals surface area contributed by atoms with Gasteiger partial charge in [0.15, 0.2) is 0 Å². The van der Waals surface area contributed by atoms with Gasteiger partial charge in [0.05, 0.1) is 30.4 Å². The summed E-state index contributed by atoms with van der Waals surface area (Å²) in [7, 11) is 0. The average molecular weight is 434 g/mol. The molecule has 5 rings (SSSR count). The summed E-state index contributed by atoms with van der Waals surface area (Å²) in [4.78, 5) is 19.6. The Labute approximate surface area is 188 Å². The fourth-order valence-corrected chi connectivity index (χ4v) is 5.30. The van der Waals surface area contributed by atoms with E-state index in [0.717, 1.165) is 17.6 Å². The van der Waals surface area contributed by atoms with Gasteiger partial charge in [-0.2, -0.15) is 0 Å². The van der Waals surface area contributed by atoms with E-state index in [1.807, 2.05) is 12.3 Å². The number of hydrogen-bond acceptors (Lipinski definition) is 4. The van der Waals surface area contributed by atoms with E-state index >= 15 is 0 Å². The van der Waals surface area contributed by atoms with Gasteiger partial charge in [0.25, 0.3) is 5.91 Å². The average Bonchev–Trinajstić information content (AvgIpc) is 3.23. The molecule has 2 aromatic heterocycles. The van der Waals surface area contributed by atoms with Crippen molar-refractivity contribution in [3.05, 3.63) is 66.0 Å². The molecule has 1 aliphatic heterocycles. The molecule has 1 aromatic carbocycles. The molecule has 1 saturated heterocycles. The second-order valence-electron chi connectivity index (χ2n) is 9.12. The highest BCUT2D eigenvalue weighted by Crippen LogP contribution is 2.37. The van der Waals surface area contributed by atoms with E-state index in [9.17, 15) is 9.90 Å². The number of carbonyl (C=O) groups excluding carboxylic acids is 1. The maximum Gasteiger partial charge on any atom is 0.257 e. The number of rotatable bonds is 5. The predicted molar refractivity (Wildman–Crippen MR) is 124 cm³/mol. The molecule has 168 valence electrons. The van der Waals surface area contributed by atoms with Crippen LogP contribution in [0.25, 0.3) is 11.0 Å². The van der Waals surface area contributed by atoms with Gasteiger partial charge < -0.3 is 19.3 Å². The van der Waals surface area contributed by atoms with Crippen molar-refractivity contribution in [2.75, 3.05) is 26.3 Å². The lowest BCUT2D eigenvalue weighted by Gasteiger charge is -2.31. The molecule has 1 amide bonds. The van der Waals surface area contributed by atoms with Crippen LogP contribution >= 0.6 is 0 Å². The summed E-state index contributed by atoms with van der Waals surface area (Å²) >= 11 is 0. The van der Waals surface area contributed by atoms with Gasteiger partial charge in [0, 0.05) is 32.0 Å². The number of aliphatic hydroxyl groups is 1. The van der Waals surface area contributed by atoms with E-state index in [4.69, 9.17) is 4.74 Å². The maximum atomic E-state index is 13.3. The zero-order chi connectivity index (χ0) is 21.9. The molecule has 32 heavy (non-hydrogen) atoms. The number of ether oxygens (including phenoxy) is 1. The summed E-state index contributed by atoms with van der Waals surface area (Å²) in [5, 5.41) is 9.43. The standard InChI is InChI=1S/C26H31N3O3/c30-18-22-16-28(13-14-32-22)26(31)23-17-29(24-7-4-12-27-25(23)24)15-19-8-10-21(11-9-19)20-5-2-1-3-6-20/h1-7,12,17,19,21-22,30H,8-11,13-16,18H2. The molecule has 3 aromatic rings. The van der Waals surface area contributed by atoms with Crippen LogP contribution in [0.4, 0.5) is 0 Å². The van der Waals surface area contributed by atoms with Gasteiger partial charge >= 0.3 is 0 Å². The molecule has 1 aliphatic carbocycles. The number of amides is 1. The molecule has 2 fully saturated rings. The van der Waals surface area contributed by atoms with Crippen LogP contribution in [0.5, 0.6) is 0 Å². The lowest BCUT2D eigenvalue weighted by atomic mass is 9.78. The Morgan fingerprint density at radius 3 is 2.69 bits per heavy atom. The number of hydrogen-bond donors (Lipinski definition) is 1. The zero-order valence-corrected chi connectivity index (χ0v) is 18.4. The molecule has 1 saturated carbocycles. The number of nitrogens with zero attached hydrogens (tertiary/aromatic N) is 3. The number of carbonyl (C=O) groups is 1. The summed E-state index contributed by atoms with van der Waals surface area (Å²) in [6.07, 6.45) is 8.27. The molecule has 3 heterocycles. The van der Waals surface area contributed by atoms with Gasteiger partial charge in [-0.1, -0.05) is 30.3 Å². The molecular weight excluding hydrogens is 402 g/mol. The van der Waals surface area contributed by atoms with Gasteiger partial charge in [-0.15, -0.1) is 0 Å². The summed E-state index contributed by atoms with van der Waals surface area (Å²) in [6.45, 7) is 2.25. The summed E-state index contributed by atoms with van der Waals surface area (Å²) < 4.78 is 7.74. The Morgan fingerprint density at radius 2 is 1.91 bits per heavy atom. The van der Waals surface area contributed by atoms with Crippen molar-refractivity contribution in [1.29, 1.82) is 0 Å². The highest BCUT2D eigenvalue weighted by Gasteiger charge is 2.28. The summed E-state index contributed by atoms with van der Waals surface area (Å²) in [5.41, 5.74) is 3.90. The van der Waals surface area contributed by atoms with Crippen LogP contribution in [0.2, 0.25) is 0 Å². The summed E-state index contributed by atoms with van der Waals surface area (Å²) in [5.74, 6) is 1.24. The van der Waals surface area contributed by atoms with Gasteiger partial charge in [0.2, 0.25) is 0 Å². The number of benzene rings is 1. The lowest BCUT2D eigenvalue weighted by molar-refractivity contribution is -0.0446. The molecule has 1 atom stereocenters. The van der Waals surface area contributed by atoms with Crippen LogP contribution in [-0.4, -0.2) is 57.9 Å². The third kappa shape index (κ3) is 4.30. The third-order valence-electron chi connectivity index (χ3n) is 7.07. The predicted octanol–water partition coefficient (Wildman–Crippen LogP) is 3.84. The Morgan fingerprint density at radius 1 is 1.09 bits per heavy atom. The quantitative estimate of drug-likeness (QED) is 0.664. The molecule has 2 aliphatic rings. The van der Waals surface area contributed by atoms with Crippen LogP contribution in [0, 0.1) is 5.92 Å². The van der Waals surface area contributed by atoms with Crippen molar-refractivity contribution in [3.63, 3.8) is 0 Å². The molecular formula is C26H31N3O3. The minimum atomic E-state index is -0.311. The fourth-order valence-electron chi connectivity index (χ4n) is 5.30.